The number of hydrogen-bond donors (Lipinski definition) is 0. The Morgan fingerprint density at radius 2 is 1.88 bits per heavy atom. The highest BCUT2D eigenvalue weighted by Crippen LogP contribution is 2.42. The lowest BCUT2D eigenvalue weighted by Crippen LogP contribution is -1.96. The number of carbonyl (C=O) groups is 1. The molecule has 0 amide bonds. The zero-order chi connectivity index (χ0) is 16.7. The zero-order valence-corrected chi connectivity index (χ0v) is 14.0. The van der Waals surface area contributed by atoms with Gasteiger partial charge in [-0.15, -0.1) is 11.3 Å². The Morgan fingerprint density at radius 3 is 2.58 bits per heavy atom. The van der Waals surface area contributed by atoms with Gasteiger partial charge in [0.15, 0.2) is 11.2 Å². The van der Waals surface area contributed by atoms with Crippen molar-refractivity contribution in [3.05, 3.63) is 47.6 Å². The highest BCUT2D eigenvalue weighted by molar-refractivity contribution is 7.15. The summed E-state index contributed by atoms with van der Waals surface area (Å²) in [4.78, 5) is 17.1. The third-order valence-corrected chi connectivity index (χ3v) is 4.81. The van der Waals surface area contributed by atoms with Gasteiger partial charge < -0.3 is 9.47 Å². The van der Waals surface area contributed by atoms with Gasteiger partial charge in [-0.3, -0.25) is 9.20 Å². The first-order chi connectivity index (χ1) is 11.8. The molecule has 0 bridgehead atoms. The monoisotopic (exact) mass is 338 g/mol. The SMILES string of the molecule is COc1cc(OC)c2ccccc2c1-c1nc2sccn2c1C=O. The van der Waals surface area contributed by atoms with Crippen molar-refractivity contribution in [3.63, 3.8) is 0 Å². The molecule has 0 unspecified atom stereocenters. The fraction of sp³-hybridized carbons (Fsp3) is 0.111. The summed E-state index contributed by atoms with van der Waals surface area (Å²) in [5.41, 5.74) is 1.93. The molecule has 5 nitrogen and oxygen atoms in total. The van der Waals surface area contributed by atoms with E-state index in [0.29, 0.717) is 17.1 Å². The van der Waals surface area contributed by atoms with Gasteiger partial charge in [0.1, 0.15) is 22.9 Å². The Hall–Kier alpha value is -2.86. The van der Waals surface area contributed by atoms with Gasteiger partial charge in [0.25, 0.3) is 0 Å². The van der Waals surface area contributed by atoms with Crippen LogP contribution in [-0.2, 0) is 0 Å². The highest BCUT2D eigenvalue weighted by atomic mass is 32.1. The van der Waals surface area contributed by atoms with E-state index in [1.807, 2.05) is 41.9 Å². The van der Waals surface area contributed by atoms with Crippen molar-refractivity contribution in [1.29, 1.82) is 0 Å². The average molecular weight is 338 g/mol. The molecule has 0 aliphatic heterocycles. The summed E-state index contributed by atoms with van der Waals surface area (Å²) in [7, 11) is 3.23. The van der Waals surface area contributed by atoms with Gasteiger partial charge in [-0.1, -0.05) is 24.3 Å². The Kier molecular flexibility index (Phi) is 3.46. The second-order valence-corrected chi connectivity index (χ2v) is 6.09. The van der Waals surface area contributed by atoms with Gasteiger partial charge in [-0.2, -0.15) is 0 Å². The fourth-order valence-corrected chi connectivity index (χ4v) is 3.71. The smallest absolute Gasteiger partial charge is 0.194 e. The predicted molar refractivity (Wildman–Crippen MR) is 94.5 cm³/mol. The topological polar surface area (TPSA) is 52.8 Å². The second kappa shape index (κ2) is 5.65. The third-order valence-electron chi connectivity index (χ3n) is 4.06. The summed E-state index contributed by atoms with van der Waals surface area (Å²) < 4.78 is 12.9. The molecule has 0 saturated carbocycles. The van der Waals surface area contributed by atoms with Crippen LogP contribution in [0.1, 0.15) is 10.5 Å². The van der Waals surface area contributed by atoms with Crippen molar-refractivity contribution in [1.82, 2.24) is 9.38 Å². The molecule has 2 aromatic heterocycles. The van der Waals surface area contributed by atoms with E-state index in [2.05, 4.69) is 4.98 Å². The predicted octanol–water partition coefficient (Wildman–Crippen LogP) is 4.05. The largest absolute Gasteiger partial charge is 0.496 e. The Labute approximate surface area is 142 Å². The van der Waals surface area contributed by atoms with E-state index < -0.39 is 0 Å². The van der Waals surface area contributed by atoms with Gasteiger partial charge in [0.05, 0.1) is 19.8 Å². The summed E-state index contributed by atoms with van der Waals surface area (Å²) in [6.07, 6.45) is 2.68. The zero-order valence-electron chi connectivity index (χ0n) is 13.1. The van der Waals surface area contributed by atoms with Crippen LogP contribution in [0.3, 0.4) is 0 Å². The summed E-state index contributed by atoms with van der Waals surface area (Å²) >= 11 is 1.49. The first-order valence-electron chi connectivity index (χ1n) is 7.33. The van der Waals surface area contributed by atoms with E-state index >= 15 is 0 Å². The normalized spacial score (nSPS) is 11.1. The molecular formula is C18H14N2O3S. The number of hydrogen-bond acceptors (Lipinski definition) is 5. The maximum Gasteiger partial charge on any atom is 0.194 e. The second-order valence-electron chi connectivity index (χ2n) is 5.22. The van der Waals surface area contributed by atoms with Crippen molar-refractivity contribution in [2.45, 2.75) is 0 Å². The molecule has 4 rings (SSSR count). The number of methoxy groups -OCH3 is 2. The third kappa shape index (κ3) is 2.00. The van der Waals surface area contributed by atoms with Crippen LogP contribution in [0.15, 0.2) is 41.9 Å². The van der Waals surface area contributed by atoms with Crippen LogP contribution >= 0.6 is 11.3 Å². The van der Waals surface area contributed by atoms with Crippen molar-refractivity contribution in [2.24, 2.45) is 0 Å². The van der Waals surface area contributed by atoms with E-state index in [4.69, 9.17) is 9.47 Å². The van der Waals surface area contributed by atoms with E-state index in [1.54, 1.807) is 18.6 Å². The maximum atomic E-state index is 11.7. The minimum atomic E-state index is 0.514. The number of aldehydes is 1. The molecule has 0 aliphatic rings. The lowest BCUT2D eigenvalue weighted by Gasteiger charge is -2.14. The molecule has 0 aliphatic carbocycles. The van der Waals surface area contributed by atoms with Crippen molar-refractivity contribution >= 4 is 33.4 Å². The molecule has 4 aromatic rings. The molecule has 0 spiro atoms. The Bertz CT molecular complexity index is 1060. The summed E-state index contributed by atoms with van der Waals surface area (Å²) in [5, 5.41) is 3.79. The van der Waals surface area contributed by atoms with Gasteiger partial charge >= 0.3 is 0 Å². The molecule has 0 fully saturated rings. The first kappa shape index (κ1) is 14.7. The molecule has 0 radical (unpaired) electrons. The van der Waals surface area contributed by atoms with Crippen LogP contribution in [0, 0.1) is 0 Å². The standard InChI is InChI=1S/C18H14N2O3S/c1-22-14-9-15(23-2)16(12-6-4-3-5-11(12)14)17-13(10-21)20-7-8-24-18(20)19-17/h3-10H,1-2H3. The van der Waals surface area contributed by atoms with E-state index in [9.17, 15) is 4.79 Å². The highest BCUT2D eigenvalue weighted by Gasteiger charge is 2.22. The van der Waals surface area contributed by atoms with E-state index in [1.165, 1.54) is 11.3 Å². The molecule has 6 heteroatoms. The number of nitrogens with zero attached hydrogens (tertiary/aromatic N) is 2. The van der Waals surface area contributed by atoms with Crippen molar-refractivity contribution in [3.8, 4) is 22.8 Å². The first-order valence-corrected chi connectivity index (χ1v) is 8.21. The molecule has 120 valence electrons. The van der Waals surface area contributed by atoms with Crippen molar-refractivity contribution < 1.29 is 14.3 Å². The molecule has 0 saturated heterocycles. The fourth-order valence-electron chi connectivity index (χ4n) is 2.99. The van der Waals surface area contributed by atoms with Crippen LogP contribution in [0.25, 0.3) is 27.0 Å². The molecule has 0 atom stereocenters. The lowest BCUT2D eigenvalue weighted by molar-refractivity contribution is 0.111. The van der Waals surface area contributed by atoms with Gasteiger partial charge in [0, 0.05) is 23.0 Å². The van der Waals surface area contributed by atoms with Crippen LogP contribution in [-0.4, -0.2) is 29.9 Å². The number of benzene rings is 2. The van der Waals surface area contributed by atoms with Crippen LogP contribution in [0.4, 0.5) is 0 Å². The van der Waals surface area contributed by atoms with Crippen LogP contribution < -0.4 is 9.47 Å². The number of rotatable bonds is 4. The Balaban J connectivity index is 2.15. The quantitative estimate of drug-likeness (QED) is 0.527. The molecular weight excluding hydrogens is 324 g/mol. The summed E-state index contributed by atoms with van der Waals surface area (Å²) in [6, 6.07) is 9.70. The summed E-state index contributed by atoms with van der Waals surface area (Å²) in [6.45, 7) is 0. The Morgan fingerprint density at radius 1 is 1.12 bits per heavy atom. The number of thiazole rings is 1. The number of ether oxygens (including phenoxy) is 2. The van der Waals surface area contributed by atoms with Gasteiger partial charge in [-0.05, 0) is 5.39 Å². The minimum absolute atomic E-state index is 0.514. The van der Waals surface area contributed by atoms with Crippen LogP contribution in [0.5, 0.6) is 11.5 Å². The molecule has 2 heterocycles. The number of carbonyl (C=O) groups excluding carboxylic acids is 1. The molecule has 2 aromatic carbocycles. The van der Waals surface area contributed by atoms with Gasteiger partial charge in [-0.25, -0.2) is 4.98 Å². The van der Waals surface area contributed by atoms with Crippen molar-refractivity contribution in [2.75, 3.05) is 14.2 Å². The van der Waals surface area contributed by atoms with E-state index in [-0.39, 0.29) is 0 Å². The lowest BCUT2D eigenvalue weighted by atomic mass is 9.99. The average Bonchev–Trinajstić information content (AvgIpc) is 3.20. The summed E-state index contributed by atoms with van der Waals surface area (Å²) in [5.74, 6) is 1.35. The number of imidazole rings is 1. The number of fused-ring (bicyclic) bond motifs is 2. The number of aromatic nitrogens is 2. The maximum absolute atomic E-state index is 11.7. The molecule has 24 heavy (non-hydrogen) atoms. The van der Waals surface area contributed by atoms with Gasteiger partial charge in [0.2, 0.25) is 0 Å². The minimum Gasteiger partial charge on any atom is -0.496 e. The van der Waals surface area contributed by atoms with E-state index in [0.717, 1.165) is 33.3 Å². The molecule has 0 N–H and O–H groups in total. The van der Waals surface area contributed by atoms with Crippen LogP contribution in [0.2, 0.25) is 0 Å².